The van der Waals surface area contributed by atoms with Crippen LogP contribution in [0.2, 0.25) is 5.15 Å². The highest BCUT2D eigenvalue weighted by molar-refractivity contribution is 6.29. The summed E-state index contributed by atoms with van der Waals surface area (Å²) in [4.78, 5) is 14.8. The second-order valence-electron chi connectivity index (χ2n) is 3.18. The van der Waals surface area contributed by atoms with E-state index in [1.807, 2.05) is 0 Å². The third-order valence-corrected chi connectivity index (χ3v) is 2.12. The Kier molecular flexibility index (Phi) is 2.29. The van der Waals surface area contributed by atoms with Crippen LogP contribution in [0, 0.1) is 0 Å². The number of rotatable bonds is 3. The summed E-state index contributed by atoms with van der Waals surface area (Å²) in [6.07, 6.45) is 3.56. The normalized spacial score (nSPS) is 15.2. The molecule has 0 bridgehead atoms. The van der Waals surface area contributed by atoms with E-state index < -0.39 is 5.91 Å². The molecule has 1 amide bonds. The van der Waals surface area contributed by atoms with E-state index >= 15 is 0 Å². The van der Waals surface area contributed by atoms with Crippen molar-refractivity contribution in [3.8, 4) is 5.75 Å². The van der Waals surface area contributed by atoms with E-state index in [9.17, 15) is 4.79 Å². The summed E-state index contributed by atoms with van der Waals surface area (Å²) < 4.78 is 5.47. The van der Waals surface area contributed by atoms with Crippen LogP contribution in [0.3, 0.4) is 0 Å². The molecule has 0 unspecified atom stereocenters. The molecule has 0 saturated heterocycles. The van der Waals surface area contributed by atoms with Gasteiger partial charge in [-0.25, -0.2) is 4.98 Å². The first-order valence-corrected chi connectivity index (χ1v) is 4.66. The van der Waals surface area contributed by atoms with E-state index in [0.717, 1.165) is 12.8 Å². The number of nitrogens with zero attached hydrogens (tertiary/aromatic N) is 1. The largest absolute Gasteiger partial charge is 0.489 e. The molecule has 1 aliphatic rings. The molecule has 1 fully saturated rings. The van der Waals surface area contributed by atoms with Crippen molar-refractivity contribution in [2.45, 2.75) is 18.9 Å². The number of ether oxygens (including phenoxy) is 1. The molecule has 0 radical (unpaired) electrons. The first kappa shape index (κ1) is 9.27. The molecule has 1 aromatic rings. The number of amides is 1. The maximum atomic E-state index is 11.0. The fraction of sp³-hybridized carbons (Fsp3) is 0.333. The molecule has 0 aromatic carbocycles. The Morgan fingerprint density at radius 1 is 1.64 bits per heavy atom. The van der Waals surface area contributed by atoms with Crippen LogP contribution in [0.15, 0.2) is 12.3 Å². The molecule has 4 nitrogen and oxygen atoms in total. The van der Waals surface area contributed by atoms with Gasteiger partial charge in [-0.2, -0.15) is 0 Å². The number of carbonyl (C=O) groups excluding carboxylic acids is 1. The Bertz CT molecular complexity index is 377. The Morgan fingerprint density at radius 3 is 2.93 bits per heavy atom. The number of nitrogens with two attached hydrogens (primary N) is 1. The molecule has 1 aromatic heterocycles. The van der Waals surface area contributed by atoms with Crippen molar-refractivity contribution >= 4 is 17.5 Å². The molecule has 1 aliphatic carbocycles. The zero-order valence-corrected chi connectivity index (χ0v) is 8.12. The summed E-state index contributed by atoms with van der Waals surface area (Å²) in [5.41, 5.74) is 5.44. The van der Waals surface area contributed by atoms with Gasteiger partial charge in [0.2, 0.25) is 0 Å². The van der Waals surface area contributed by atoms with Gasteiger partial charge in [0.15, 0.2) is 0 Å². The Hall–Kier alpha value is -1.29. The van der Waals surface area contributed by atoms with Crippen LogP contribution in [-0.2, 0) is 0 Å². The fourth-order valence-electron chi connectivity index (χ4n) is 1.06. The van der Waals surface area contributed by atoms with E-state index in [1.54, 1.807) is 0 Å². The molecule has 2 N–H and O–H groups in total. The second kappa shape index (κ2) is 3.46. The zero-order chi connectivity index (χ0) is 10.1. The van der Waals surface area contributed by atoms with Gasteiger partial charge in [-0.1, -0.05) is 11.6 Å². The minimum atomic E-state index is -0.551. The number of hydrogen-bond donors (Lipinski definition) is 1. The van der Waals surface area contributed by atoms with Gasteiger partial charge >= 0.3 is 0 Å². The standard InChI is InChI=1S/C9H9ClN2O2/c10-8-3-7(14-5-1-2-5)6(4-12-8)9(11)13/h3-5H,1-2H2,(H2,11,13). The van der Waals surface area contributed by atoms with Crippen LogP contribution in [-0.4, -0.2) is 17.0 Å². The average Bonchev–Trinajstić information content (AvgIpc) is 2.87. The number of pyridine rings is 1. The van der Waals surface area contributed by atoms with Crippen molar-refractivity contribution in [2.75, 3.05) is 0 Å². The average molecular weight is 213 g/mol. The molecule has 74 valence electrons. The molecule has 2 rings (SSSR count). The highest BCUT2D eigenvalue weighted by atomic mass is 35.5. The number of halogens is 1. The van der Waals surface area contributed by atoms with Gasteiger partial charge in [-0.05, 0) is 12.8 Å². The van der Waals surface area contributed by atoms with Crippen molar-refractivity contribution in [3.63, 3.8) is 0 Å². The predicted octanol–water partition coefficient (Wildman–Crippen LogP) is 1.38. The van der Waals surface area contributed by atoms with Crippen LogP contribution >= 0.6 is 11.6 Å². The lowest BCUT2D eigenvalue weighted by Gasteiger charge is -2.07. The molecule has 0 atom stereocenters. The van der Waals surface area contributed by atoms with Gasteiger partial charge in [-0.3, -0.25) is 4.79 Å². The van der Waals surface area contributed by atoms with Gasteiger partial charge in [-0.15, -0.1) is 0 Å². The van der Waals surface area contributed by atoms with Crippen molar-refractivity contribution in [3.05, 3.63) is 23.0 Å². The summed E-state index contributed by atoms with van der Waals surface area (Å²) in [6.45, 7) is 0. The molecular formula is C9H9ClN2O2. The summed E-state index contributed by atoms with van der Waals surface area (Å²) in [5.74, 6) is -0.121. The zero-order valence-electron chi connectivity index (χ0n) is 7.37. The van der Waals surface area contributed by atoms with Crippen molar-refractivity contribution < 1.29 is 9.53 Å². The minimum absolute atomic E-state index is 0.201. The van der Waals surface area contributed by atoms with Crippen molar-refractivity contribution in [1.82, 2.24) is 4.98 Å². The van der Waals surface area contributed by atoms with Gasteiger partial charge < -0.3 is 10.5 Å². The summed E-state index contributed by atoms with van der Waals surface area (Å²) in [6, 6.07) is 1.51. The highest BCUT2D eigenvalue weighted by Gasteiger charge is 2.25. The van der Waals surface area contributed by atoms with Crippen LogP contribution < -0.4 is 10.5 Å². The molecule has 1 saturated carbocycles. The van der Waals surface area contributed by atoms with Gasteiger partial charge in [0.25, 0.3) is 5.91 Å². The van der Waals surface area contributed by atoms with E-state index in [0.29, 0.717) is 10.9 Å². The van der Waals surface area contributed by atoms with Gasteiger partial charge in [0.05, 0.1) is 11.7 Å². The van der Waals surface area contributed by atoms with Crippen LogP contribution in [0.1, 0.15) is 23.2 Å². The van der Waals surface area contributed by atoms with Gasteiger partial charge in [0, 0.05) is 12.3 Å². The van der Waals surface area contributed by atoms with Crippen molar-refractivity contribution in [1.29, 1.82) is 0 Å². The lowest BCUT2D eigenvalue weighted by Crippen LogP contribution is -2.14. The molecule has 0 aliphatic heterocycles. The Balaban J connectivity index is 2.31. The minimum Gasteiger partial charge on any atom is -0.489 e. The topological polar surface area (TPSA) is 65.2 Å². The smallest absolute Gasteiger partial charge is 0.254 e. The summed E-state index contributed by atoms with van der Waals surface area (Å²) in [5, 5.41) is 0.297. The van der Waals surface area contributed by atoms with Gasteiger partial charge in [0.1, 0.15) is 10.9 Å². The first-order valence-electron chi connectivity index (χ1n) is 4.29. The van der Waals surface area contributed by atoms with E-state index in [1.165, 1.54) is 12.3 Å². The van der Waals surface area contributed by atoms with E-state index in [-0.39, 0.29) is 11.7 Å². The first-order chi connectivity index (χ1) is 6.66. The highest BCUT2D eigenvalue weighted by Crippen LogP contribution is 2.29. The SMILES string of the molecule is NC(=O)c1cnc(Cl)cc1OC1CC1. The number of aromatic nitrogens is 1. The Labute approximate surface area is 86.0 Å². The second-order valence-corrected chi connectivity index (χ2v) is 3.57. The van der Waals surface area contributed by atoms with E-state index in [4.69, 9.17) is 22.1 Å². The maximum absolute atomic E-state index is 11.0. The lowest BCUT2D eigenvalue weighted by molar-refractivity contribution is 0.0995. The van der Waals surface area contributed by atoms with Crippen LogP contribution in [0.4, 0.5) is 0 Å². The monoisotopic (exact) mass is 212 g/mol. The molecule has 0 spiro atoms. The number of hydrogen-bond acceptors (Lipinski definition) is 3. The predicted molar refractivity (Wildman–Crippen MR) is 51.4 cm³/mol. The lowest BCUT2D eigenvalue weighted by atomic mass is 10.2. The maximum Gasteiger partial charge on any atom is 0.254 e. The van der Waals surface area contributed by atoms with E-state index in [2.05, 4.69) is 4.98 Å². The van der Waals surface area contributed by atoms with Crippen LogP contribution in [0.25, 0.3) is 0 Å². The molecule has 1 heterocycles. The molecule has 5 heteroatoms. The third-order valence-electron chi connectivity index (χ3n) is 1.92. The quantitative estimate of drug-likeness (QED) is 0.770. The third kappa shape index (κ3) is 1.96. The van der Waals surface area contributed by atoms with Crippen LogP contribution in [0.5, 0.6) is 5.75 Å². The Morgan fingerprint density at radius 2 is 2.36 bits per heavy atom. The number of primary amides is 1. The summed E-state index contributed by atoms with van der Waals surface area (Å²) >= 11 is 5.68. The van der Waals surface area contributed by atoms with Crippen molar-refractivity contribution in [2.24, 2.45) is 5.73 Å². The molecular weight excluding hydrogens is 204 g/mol. The summed E-state index contributed by atoms with van der Waals surface area (Å²) in [7, 11) is 0. The fourth-order valence-corrected chi connectivity index (χ4v) is 1.21. The number of carbonyl (C=O) groups is 1. The molecule has 14 heavy (non-hydrogen) atoms.